The summed E-state index contributed by atoms with van der Waals surface area (Å²) in [7, 11) is 3.23. The van der Waals surface area contributed by atoms with E-state index in [1.165, 1.54) is 0 Å². The van der Waals surface area contributed by atoms with Gasteiger partial charge in [-0.1, -0.05) is 0 Å². The molecule has 0 unspecified atom stereocenters. The molecule has 0 radical (unpaired) electrons. The Balaban J connectivity index is 3.13. The molecule has 0 amide bonds. The van der Waals surface area contributed by atoms with E-state index in [1.54, 1.807) is 14.2 Å². The summed E-state index contributed by atoms with van der Waals surface area (Å²) in [5.41, 5.74) is 0. The van der Waals surface area contributed by atoms with Crippen molar-refractivity contribution in [2.24, 2.45) is 0 Å². The highest BCUT2D eigenvalue weighted by atomic mass is 16.7. The molecule has 0 aromatic carbocycles. The van der Waals surface area contributed by atoms with Crippen LogP contribution in [-0.2, 0) is 28.4 Å². The summed E-state index contributed by atoms with van der Waals surface area (Å²) in [6.45, 7) is 3.86. The monoisotopic (exact) mass is 294 g/mol. The van der Waals surface area contributed by atoms with Crippen LogP contribution in [0.15, 0.2) is 0 Å². The second-order valence-electron chi connectivity index (χ2n) is 3.86. The van der Waals surface area contributed by atoms with Crippen LogP contribution in [0.5, 0.6) is 0 Å². The number of carbonyl (C=O) groups is 1. The molecule has 0 saturated heterocycles. The Kier molecular flexibility index (Phi) is 15.4. The van der Waals surface area contributed by atoms with Gasteiger partial charge in [0.2, 0.25) is 0 Å². The predicted octanol–water partition coefficient (Wildman–Crippen LogP) is 1.25. The molecule has 0 aliphatic rings. The van der Waals surface area contributed by atoms with Gasteiger partial charge in [-0.15, -0.1) is 0 Å². The molecular weight excluding hydrogens is 268 g/mol. The number of hydrogen-bond acceptors (Lipinski definition) is 7. The largest absolute Gasteiger partial charge is 0.508 e. The van der Waals surface area contributed by atoms with E-state index in [-0.39, 0.29) is 13.2 Å². The van der Waals surface area contributed by atoms with Gasteiger partial charge in [0.05, 0.1) is 39.6 Å². The standard InChI is InChI=1S/C13H26O7/c1-15-9-11-17-5-3-7-19-13(14)20-8-4-6-18-12-10-16-2/h3-12H2,1-2H3. The van der Waals surface area contributed by atoms with Crippen molar-refractivity contribution in [1.82, 2.24) is 0 Å². The third kappa shape index (κ3) is 15.2. The van der Waals surface area contributed by atoms with Crippen molar-refractivity contribution >= 4 is 6.16 Å². The van der Waals surface area contributed by atoms with Gasteiger partial charge in [-0.05, 0) is 0 Å². The number of carbonyl (C=O) groups excluding carboxylic acids is 1. The summed E-state index contributed by atoms with van der Waals surface area (Å²) in [4.78, 5) is 11.1. The molecule has 0 rings (SSSR count). The van der Waals surface area contributed by atoms with Gasteiger partial charge in [-0.2, -0.15) is 0 Å². The summed E-state index contributed by atoms with van der Waals surface area (Å²) < 4.78 is 29.8. The van der Waals surface area contributed by atoms with Gasteiger partial charge in [0.1, 0.15) is 0 Å². The molecule has 0 fully saturated rings. The molecule has 0 aliphatic carbocycles. The molecule has 20 heavy (non-hydrogen) atoms. The third-order valence-electron chi connectivity index (χ3n) is 2.17. The van der Waals surface area contributed by atoms with Gasteiger partial charge in [0.15, 0.2) is 0 Å². The zero-order chi connectivity index (χ0) is 14.9. The molecular formula is C13H26O7. The molecule has 0 aromatic heterocycles. The van der Waals surface area contributed by atoms with Crippen molar-refractivity contribution in [3.8, 4) is 0 Å². The number of ether oxygens (including phenoxy) is 6. The van der Waals surface area contributed by atoms with Crippen LogP contribution in [0.25, 0.3) is 0 Å². The number of hydrogen-bond donors (Lipinski definition) is 0. The minimum absolute atomic E-state index is 0.288. The first kappa shape index (κ1) is 19.1. The number of rotatable bonds is 14. The highest BCUT2D eigenvalue weighted by Crippen LogP contribution is 1.92. The molecule has 0 spiro atoms. The van der Waals surface area contributed by atoms with E-state index >= 15 is 0 Å². The molecule has 0 heterocycles. The Hall–Kier alpha value is -0.890. The SMILES string of the molecule is COCCOCCCOC(=O)OCCCOCCOC. The molecule has 0 aliphatic heterocycles. The summed E-state index contributed by atoms with van der Waals surface area (Å²) in [5, 5.41) is 0. The van der Waals surface area contributed by atoms with E-state index in [4.69, 9.17) is 28.4 Å². The van der Waals surface area contributed by atoms with Gasteiger partial charge in [0.25, 0.3) is 0 Å². The first-order valence-corrected chi connectivity index (χ1v) is 6.74. The second kappa shape index (κ2) is 16.2. The highest BCUT2D eigenvalue weighted by molar-refractivity contribution is 5.59. The first-order chi connectivity index (χ1) is 9.81. The lowest BCUT2D eigenvalue weighted by atomic mass is 10.5. The van der Waals surface area contributed by atoms with Gasteiger partial charge in [-0.3, -0.25) is 0 Å². The van der Waals surface area contributed by atoms with Crippen molar-refractivity contribution in [2.75, 3.05) is 67.1 Å². The smallest absolute Gasteiger partial charge is 0.434 e. The van der Waals surface area contributed by atoms with Crippen molar-refractivity contribution < 1.29 is 33.2 Å². The molecule has 0 N–H and O–H groups in total. The Morgan fingerprint density at radius 3 is 1.50 bits per heavy atom. The summed E-state index contributed by atoms with van der Waals surface area (Å²) in [5.74, 6) is 0. The van der Waals surface area contributed by atoms with Crippen molar-refractivity contribution in [1.29, 1.82) is 0 Å². The van der Waals surface area contributed by atoms with E-state index < -0.39 is 6.16 Å². The van der Waals surface area contributed by atoms with E-state index in [2.05, 4.69) is 0 Å². The van der Waals surface area contributed by atoms with Gasteiger partial charge in [0, 0.05) is 40.3 Å². The van der Waals surface area contributed by atoms with Crippen molar-refractivity contribution in [3.05, 3.63) is 0 Å². The summed E-state index contributed by atoms with van der Waals surface area (Å²) in [6, 6.07) is 0. The lowest BCUT2D eigenvalue weighted by Crippen LogP contribution is -2.13. The average molecular weight is 294 g/mol. The van der Waals surface area contributed by atoms with Crippen LogP contribution in [0.1, 0.15) is 12.8 Å². The highest BCUT2D eigenvalue weighted by Gasteiger charge is 2.02. The average Bonchev–Trinajstić information content (AvgIpc) is 2.45. The zero-order valence-electron chi connectivity index (χ0n) is 12.4. The number of methoxy groups -OCH3 is 2. The van der Waals surface area contributed by atoms with Crippen LogP contribution >= 0.6 is 0 Å². The minimum atomic E-state index is -0.654. The van der Waals surface area contributed by atoms with Crippen molar-refractivity contribution in [3.63, 3.8) is 0 Å². The van der Waals surface area contributed by atoms with E-state index in [0.29, 0.717) is 52.5 Å². The third-order valence-corrected chi connectivity index (χ3v) is 2.17. The maximum atomic E-state index is 11.1. The van der Waals surface area contributed by atoms with Crippen LogP contribution in [0.2, 0.25) is 0 Å². The molecule has 0 aromatic rings. The fourth-order valence-electron chi connectivity index (χ4n) is 1.16. The maximum Gasteiger partial charge on any atom is 0.508 e. The van der Waals surface area contributed by atoms with Crippen LogP contribution in [0.3, 0.4) is 0 Å². The molecule has 0 saturated carbocycles. The normalized spacial score (nSPS) is 10.5. The topological polar surface area (TPSA) is 72.5 Å². The van der Waals surface area contributed by atoms with Crippen LogP contribution in [0, 0.1) is 0 Å². The van der Waals surface area contributed by atoms with E-state index in [0.717, 1.165) is 0 Å². The van der Waals surface area contributed by atoms with E-state index in [1.807, 2.05) is 0 Å². The Labute approximate surface area is 120 Å². The summed E-state index contributed by atoms with van der Waals surface area (Å²) >= 11 is 0. The van der Waals surface area contributed by atoms with E-state index in [9.17, 15) is 4.79 Å². The second-order valence-corrected chi connectivity index (χ2v) is 3.86. The molecule has 120 valence electrons. The lowest BCUT2D eigenvalue weighted by molar-refractivity contribution is 0.0278. The van der Waals surface area contributed by atoms with Gasteiger partial charge in [-0.25, -0.2) is 4.79 Å². The predicted molar refractivity (Wildman–Crippen MR) is 71.9 cm³/mol. The first-order valence-electron chi connectivity index (χ1n) is 6.74. The fraction of sp³-hybridized carbons (Fsp3) is 0.923. The molecule has 0 atom stereocenters. The van der Waals surface area contributed by atoms with Crippen molar-refractivity contribution in [2.45, 2.75) is 12.8 Å². The van der Waals surface area contributed by atoms with Gasteiger partial charge < -0.3 is 28.4 Å². The zero-order valence-corrected chi connectivity index (χ0v) is 12.4. The Bertz CT molecular complexity index is 191. The van der Waals surface area contributed by atoms with Crippen LogP contribution in [-0.4, -0.2) is 73.2 Å². The van der Waals surface area contributed by atoms with Crippen LogP contribution < -0.4 is 0 Å². The quantitative estimate of drug-likeness (QED) is 0.352. The molecule has 7 heteroatoms. The Morgan fingerprint density at radius 1 is 0.650 bits per heavy atom. The summed E-state index contributed by atoms with van der Waals surface area (Å²) in [6.07, 6.45) is 0.622. The Morgan fingerprint density at radius 2 is 1.10 bits per heavy atom. The van der Waals surface area contributed by atoms with Gasteiger partial charge >= 0.3 is 6.16 Å². The lowest BCUT2D eigenvalue weighted by Gasteiger charge is -2.07. The molecule has 7 nitrogen and oxygen atoms in total. The fourth-order valence-corrected chi connectivity index (χ4v) is 1.16. The van der Waals surface area contributed by atoms with Crippen LogP contribution in [0.4, 0.5) is 4.79 Å². The molecule has 0 bridgehead atoms. The maximum absolute atomic E-state index is 11.1. The minimum Gasteiger partial charge on any atom is -0.434 e.